The molecular formula is C35H63N3O16. The van der Waals surface area contributed by atoms with Gasteiger partial charge in [-0.05, 0) is 82.6 Å². The maximum absolute atomic E-state index is 13.2. The van der Waals surface area contributed by atoms with E-state index >= 15 is 0 Å². The van der Waals surface area contributed by atoms with Crippen molar-refractivity contribution in [3.8, 4) is 0 Å². The lowest BCUT2D eigenvalue weighted by atomic mass is 9.83. The van der Waals surface area contributed by atoms with Crippen molar-refractivity contribution >= 4 is 18.3 Å². The second kappa shape index (κ2) is 17.7. The number of aliphatic hydroxyl groups excluding tert-OH is 6. The van der Waals surface area contributed by atoms with Crippen molar-refractivity contribution in [3.63, 3.8) is 0 Å². The summed E-state index contributed by atoms with van der Waals surface area (Å²) in [5, 5.41) is 73.7. The standard InChI is InChI=1S/C35H63N3O16/c1-14-19(40)21(42)25(16(3)39)49-28(14)50-26-18(38-32(47)54-35(10,11)12)13-17(37-31(46)53-34(7,8)9)20(41)27(26)51-29-23(44)22(43)24(48-29)15(2)36-30(45)52-33(4,5)6/h14-29,39-44H,13H2,1-12H3,(H,36,45)(H,37,46)(H,38,47)/t14?,15-,16+,17+,18?,19+,20?,21-,22+,23?,24+,25?,26+,27+,28+,29-/m0/s1. The van der Waals surface area contributed by atoms with Crippen molar-refractivity contribution in [3.05, 3.63) is 0 Å². The lowest BCUT2D eigenvalue weighted by Crippen LogP contribution is -2.68. The van der Waals surface area contributed by atoms with Crippen LogP contribution in [0.4, 0.5) is 14.4 Å². The van der Waals surface area contributed by atoms with Crippen LogP contribution in [-0.2, 0) is 33.2 Å². The highest BCUT2D eigenvalue weighted by Crippen LogP contribution is 2.36. The van der Waals surface area contributed by atoms with Gasteiger partial charge >= 0.3 is 18.3 Å². The fourth-order valence-corrected chi connectivity index (χ4v) is 6.40. The number of alkyl carbamates (subject to hydrolysis) is 3. The van der Waals surface area contributed by atoms with Crippen LogP contribution in [0.5, 0.6) is 0 Å². The number of carbonyl (C=O) groups excluding carboxylic acids is 3. The summed E-state index contributed by atoms with van der Waals surface area (Å²) in [6.45, 7) is 19.2. The molecule has 0 bridgehead atoms. The number of aliphatic hydroxyl groups is 6. The zero-order valence-electron chi connectivity index (χ0n) is 33.2. The van der Waals surface area contributed by atoms with Crippen LogP contribution in [0.1, 0.15) is 89.5 Å². The number of rotatable bonds is 9. The van der Waals surface area contributed by atoms with E-state index in [0.717, 1.165) is 0 Å². The predicted octanol–water partition coefficient (Wildman–Crippen LogP) is 0.132. The van der Waals surface area contributed by atoms with E-state index in [0.29, 0.717) is 0 Å². The lowest BCUT2D eigenvalue weighted by Gasteiger charge is -2.49. The molecule has 3 rings (SSSR count). The van der Waals surface area contributed by atoms with E-state index in [-0.39, 0.29) is 6.42 Å². The monoisotopic (exact) mass is 781 g/mol. The Balaban J connectivity index is 2.02. The third kappa shape index (κ3) is 12.5. The van der Waals surface area contributed by atoms with Crippen molar-refractivity contribution in [2.75, 3.05) is 0 Å². The number of ether oxygens (including phenoxy) is 7. The molecule has 1 saturated carbocycles. The minimum absolute atomic E-state index is 0.202. The number of amides is 3. The van der Waals surface area contributed by atoms with Gasteiger partial charge in [0.2, 0.25) is 0 Å². The summed E-state index contributed by atoms with van der Waals surface area (Å²) in [6.07, 6.45) is -20.7. The smallest absolute Gasteiger partial charge is 0.407 e. The molecule has 3 amide bonds. The Morgan fingerprint density at radius 1 is 0.611 bits per heavy atom. The van der Waals surface area contributed by atoms with Gasteiger partial charge in [0.15, 0.2) is 12.6 Å². The van der Waals surface area contributed by atoms with Crippen molar-refractivity contribution in [1.29, 1.82) is 0 Å². The van der Waals surface area contributed by atoms with Crippen molar-refractivity contribution < 1.29 is 78.2 Å². The van der Waals surface area contributed by atoms with Crippen molar-refractivity contribution in [2.45, 2.75) is 198 Å². The molecule has 3 fully saturated rings. The van der Waals surface area contributed by atoms with Crippen LogP contribution < -0.4 is 16.0 Å². The molecule has 314 valence electrons. The van der Waals surface area contributed by atoms with Gasteiger partial charge in [-0.3, -0.25) is 0 Å². The first-order valence-corrected chi connectivity index (χ1v) is 18.3. The Bertz CT molecular complexity index is 1270. The average molecular weight is 782 g/mol. The van der Waals surface area contributed by atoms with Crippen LogP contribution in [-0.4, -0.2) is 157 Å². The topological polar surface area (TPSA) is 273 Å². The van der Waals surface area contributed by atoms with Crippen molar-refractivity contribution in [1.82, 2.24) is 16.0 Å². The Kier molecular flexibility index (Phi) is 15.0. The first-order valence-electron chi connectivity index (χ1n) is 18.3. The SMILES string of the molecule is CC1[C@@H](O[C@@H]2C(NC(=O)OC(C)(C)C)C[C@@H](NC(=O)OC(C)(C)C)C(O)[C@H]2O[C@@H]2O[C@H]([C@H](C)NC(=O)OC(C)(C)C)[C@H](O)C2O)OC([C@@H](C)O)[C@@H](O)[C@@H]1O. The molecule has 3 aliphatic rings. The first-order chi connectivity index (χ1) is 24.6. The van der Waals surface area contributed by atoms with Gasteiger partial charge in [-0.25, -0.2) is 14.4 Å². The normalized spacial score (nSPS) is 37.4. The maximum Gasteiger partial charge on any atom is 0.407 e. The molecule has 54 heavy (non-hydrogen) atoms. The zero-order valence-corrected chi connectivity index (χ0v) is 33.2. The highest BCUT2D eigenvalue weighted by Gasteiger charge is 2.55. The van der Waals surface area contributed by atoms with Gasteiger partial charge in [0.25, 0.3) is 0 Å². The van der Waals surface area contributed by atoms with Crippen LogP contribution in [0.2, 0.25) is 0 Å². The van der Waals surface area contributed by atoms with E-state index in [1.165, 1.54) is 20.8 Å². The summed E-state index contributed by atoms with van der Waals surface area (Å²) in [6, 6.07) is -3.28. The molecule has 2 aliphatic heterocycles. The summed E-state index contributed by atoms with van der Waals surface area (Å²) in [4.78, 5) is 38.7. The highest BCUT2D eigenvalue weighted by molar-refractivity contribution is 5.69. The number of hydrogen-bond donors (Lipinski definition) is 9. The van der Waals surface area contributed by atoms with Crippen LogP contribution in [0.15, 0.2) is 0 Å². The Morgan fingerprint density at radius 3 is 1.56 bits per heavy atom. The lowest BCUT2D eigenvalue weighted by molar-refractivity contribution is -0.327. The van der Waals surface area contributed by atoms with E-state index < -0.39 is 133 Å². The van der Waals surface area contributed by atoms with Gasteiger partial charge in [0, 0.05) is 5.92 Å². The molecule has 19 heteroatoms. The Labute approximate surface area is 316 Å². The minimum atomic E-state index is -1.75. The summed E-state index contributed by atoms with van der Waals surface area (Å²) in [5.74, 6) is -0.938. The van der Waals surface area contributed by atoms with E-state index in [9.17, 15) is 45.0 Å². The van der Waals surface area contributed by atoms with Gasteiger partial charge in [-0.1, -0.05) is 6.92 Å². The third-order valence-electron chi connectivity index (χ3n) is 8.88. The fraction of sp³-hybridized carbons (Fsp3) is 0.914. The van der Waals surface area contributed by atoms with E-state index in [4.69, 9.17) is 33.2 Å². The molecule has 0 aromatic rings. The largest absolute Gasteiger partial charge is 0.444 e. The molecule has 2 saturated heterocycles. The van der Waals surface area contributed by atoms with Crippen molar-refractivity contribution in [2.24, 2.45) is 5.92 Å². The molecule has 19 nitrogen and oxygen atoms in total. The number of hydrogen-bond acceptors (Lipinski definition) is 16. The van der Waals surface area contributed by atoms with E-state index in [1.54, 1.807) is 62.3 Å². The molecule has 9 N–H and O–H groups in total. The van der Waals surface area contributed by atoms with Gasteiger partial charge in [-0.2, -0.15) is 0 Å². The highest BCUT2D eigenvalue weighted by atomic mass is 16.7. The van der Waals surface area contributed by atoms with Crippen LogP contribution in [0.25, 0.3) is 0 Å². The summed E-state index contributed by atoms with van der Waals surface area (Å²) >= 11 is 0. The first kappa shape index (κ1) is 45.8. The Hall–Kier alpha value is -2.59. The van der Waals surface area contributed by atoms with Gasteiger partial charge in [0.1, 0.15) is 65.6 Å². The minimum Gasteiger partial charge on any atom is -0.444 e. The van der Waals surface area contributed by atoms with Gasteiger partial charge < -0.3 is 79.7 Å². The molecular weight excluding hydrogens is 718 g/mol. The summed E-state index contributed by atoms with van der Waals surface area (Å²) in [7, 11) is 0. The quantitative estimate of drug-likeness (QED) is 0.141. The number of carbonyl (C=O) groups is 3. The fourth-order valence-electron chi connectivity index (χ4n) is 6.40. The average Bonchev–Trinajstić information content (AvgIpc) is 3.26. The summed E-state index contributed by atoms with van der Waals surface area (Å²) in [5.41, 5.74) is -2.69. The van der Waals surface area contributed by atoms with Crippen LogP contribution in [0.3, 0.4) is 0 Å². The van der Waals surface area contributed by atoms with Crippen LogP contribution in [0, 0.1) is 5.92 Å². The third-order valence-corrected chi connectivity index (χ3v) is 8.88. The molecule has 2 heterocycles. The Morgan fingerprint density at radius 2 is 1.06 bits per heavy atom. The molecule has 0 aromatic carbocycles. The second-order valence-electron chi connectivity index (χ2n) is 17.4. The van der Waals surface area contributed by atoms with Crippen LogP contribution >= 0.6 is 0 Å². The molecule has 1 aliphatic carbocycles. The number of nitrogens with one attached hydrogen (secondary N) is 3. The van der Waals surface area contributed by atoms with E-state index in [1.807, 2.05) is 0 Å². The molecule has 5 unspecified atom stereocenters. The molecule has 0 radical (unpaired) electrons. The molecule has 16 atom stereocenters. The van der Waals surface area contributed by atoms with Gasteiger partial charge in [-0.15, -0.1) is 0 Å². The van der Waals surface area contributed by atoms with Gasteiger partial charge in [0.05, 0.1) is 30.3 Å². The van der Waals surface area contributed by atoms with E-state index in [2.05, 4.69) is 16.0 Å². The maximum atomic E-state index is 13.2. The second-order valence-corrected chi connectivity index (χ2v) is 17.4. The predicted molar refractivity (Wildman–Crippen MR) is 188 cm³/mol. The molecule has 0 aromatic heterocycles. The summed E-state index contributed by atoms with van der Waals surface area (Å²) < 4.78 is 40.6. The zero-order chi connectivity index (χ0) is 41.2. The molecule has 0 spiro atoms.